The third kappa shape index (κ3) is 4.80. The van der Waals surface area contributed by atoms with Gasteiger partial charge in [-0.1, -0.05) is 42.5 Å². The first-order valence-corrected chi connectivity index (χ1v) is 14.3. The van der Waals surface area contributed by atoms with Gasteiger partial charge in [-0.25, -0.2) is 15.0 Å². The predicted molar refractivity (Wildman–Crippen MR) is 170 cm³/mol. The third-order valence-corrected chi connectivity index (χ3v) is 7.50. The number of para-hydroxylation sites is 2. The van der Waals surface area contributed by atoms with Gasteiger partial charge < -0.3 is 9.84 Å². The van der Waals surface area contributed by atoms with Gasteiger partial charge >= 0.3 is 0 Å². The lowest BCUT2D eigenvalue weighted by atomic mass is 10.1. The van der Waals surface area contributed by atoms with Crippen molar-refractivity contribution >= 4 is 34.6 Å². The molecule has 1 N–H and O–H groups in total. The van der Waals surface area contributed by atoms with Gasteiger partial charge in [-0.2, -0.15) is 9.78 Å². The van der Waals surface area contributed by atoms with Crippen molar-refractivity contribution in [1.82, 2.24) is 29.3 Å². The molecule has 0 aliphatic carbocycles. The number of nitrogens with zero attached hydrogens (tertiary/aromatic N) is 8. The lowest BCUT2D eigenvalue weighted by molar-refractivity contribution is 0.433. The fourth-order valence-corrected chi connectivity index (χ4v) is 5.31. The van der Waals surface area contributed by atoms with Crippen LogP contribution in [0.5, 0.6) is 17.4 Å². The monoisotopic (exact) mass is 588 g/mol. The predicted octanol–water partition coefficient (Wildman–Crippen LogP) is 6.19. The largest absolute Gasteiger partial charge is 0.508 e. The number of aromatic nitrogens is 6. The number of hydrogen-bond acceptors (Lipinski definition) is 8. The highest BCUT2D eigenvalue weighted by atomic mass is 16.5. The molecule has 216 valence electrons. The van der Waals surface area contributed by atoms with E-state index in [2.05, 4.69) is 21.3 Å². The topological polar surface area (TPSA) is 116 Å². The van der Waals surface area contributed by atoms with Crippen LogP contribution in [-0.2, 0) is 0 Å². The van der Waals surface area contributed by atoms with Gasteiger partial charge in [0, 0.05) is 23.0 Å². The second kappa shape index (κ2) is 10.7. The van der Waals surface area contributed by atoms with Gasteiger partial charge in [-0.3, -0.25) is 4.57 Å². The molecule has 0 fully saturated rings. The van der Waals surface area contributed by atoms with Gasteiger partial charge in [0.1, 0.15) is 11.4 Å². The van der Waals surface area contributed by atoms with Gasteiger partial charge in [-0.05, 0) is 67.6 Å². The zero-order valence-corrected chi connectivity index (χ0v) is 24.0. The summed E-state index contributed by atoms with van der Waals surface area (Å²) in [6.07, 6.45) is 9.14. The minimum atomic E-state index is 0.143. The summed E-state index contributed by atoms with van der Waals surface area (Å²) in [5.41, 5.74) is 5.27. The molecule has 45 heavy (non-hydrogen) atoms. The molecule has 0 radical (unpaired) electrons. The Hall–Kier alpha value is -6.42. The molecule has 8 rings (SSSR count). The smallest absolute Gasteiger partial charge is 0.230 e. The zero-order valence-electron chi connectivity index (χ0n) is 24.0. The van der Waals surface area contributed by atoms with Crippen LogP contribution < -0.4 is 15.3 Å². The van der Waals surface area contributed by atoms with Crippen LogP contribution in [0.15, 0.2) is 120 Å². The summed E-state index contributed by atoms with van der Waals surface area (Å²) < 4.78 is 10.4. The van der Waals surface area contributed by atoms with Crippen LogP contribution in [0.4, 0.5) is 11.5 Å². The van der Waals surface area contributed by atoms with Crippen molar-refractivity contribution in [3.05, 3.63) is 137 Å². The Kier molecular flexibility index (Phi) is 6.23. The molecule has 0 saturated heterocycles. The van der Waals surface area contributed by atoms with Crippen molar-refractivity contribution in [3.63, 3.8) is 0 Å². The molecule has 1 aliphatic rings. The van der Waals surface area contributed by atoms with Crippen molar-refractivity contribution in [2.45, 2.75) is 6.92 Å². The molecule has 0 spiro atoms. The molecule has 0 bridgehead atoms. The average molecular weight is 589 g/mol. The standard InChI is InChI=1S/C35H24N8O2/c1-22-28-20-29-31(19-25-12-11-23-7-5-6-10-30(23)37-25)38-34(40-39-24-13-15-27(44)16-14-24)32(42-18-17-36-21-42)33(29)45-35(28)43(41-22)26-8-3-2-4-9-26/h2-21,44H,1H3/b31-19-,40-39?. The van der Waals surface area contributed by atoms with Crippen molar-refractivity contribution in [2.75, 3.05) is 0 Å². The lowest BCUT2D eigenvalue weighted by Crippen LogP contribution is -2.33. The number of rotatable bonds is 5. The van der Waals surface area contributed by atoms with Crippen molar-refractivity contribution in [3.8, 4) is 28.8 Å². The fraction of sp³-hybridized carbons (Fsp3) is 0.0286. The average Bonchev–Trinajstić information content (AvgIpc) is 3.72. The molecule has 10 heteroatoms. The Morgan fingerprint density at radius 2 is 1.69 bits per heavy atom. The van der Waals surface area contributed by atoms with Crippen LogP contribution in [0.3, 0.4) is 0 Å². The van der Waals surface area contributed by atoms with E-state index in [-0.39, 0.29) is 5.75 Å². The number of imidazole rings is 1. The minimum Gasteiger partial charge on any atom is -0.508 e. The van der Waals surface area contributed by atoms with Gasteiger partial charge in [0.15, 0.2) is 5.75 Å². The Labute approximate surface area is 256 Å². The molecule has 0 atom stereocenters. The molecule has 1 aliphatic heterocycles. The van der Waals surface area contributed by atoms with Gasteiger partial charge in [-0.15, -0.1) is 10.2 Å². The minimum absolute atomic E-state index is 0.143. The summed E-state index contributed by atoms with van der Waals surface area (Å²) in [6, 6.07) is 28.3. The van der Waals surface area contributed by atoms with Crippen LogP contribution in [0.2, 0.25) is 0 Å². The highest BCUT2D eigenvalue weighted by molar-refractivity contribution is 5.79. The Morgan fingerprint density at radius 3 is 2.51 bits per heavy atom. The van der Waals surface area contributed by atoms with Gasteiger partial charge in [0.05, 0.1) is 45.5 Å². The maximum Gasteiger partial charge on any atom is 0.230 e. The Bertz CT molecular complexity index is 2360. The molecule has 5 heterocycles. The second-order valence-electron chi connectivity index (χ2n) is 10.5. The molecule has 4 aromatic heterocycles. The quantitative estimate of drug-likeness (QED) is 0.240. The summed E-state index contributed by atoms with van der Waals surface area (Å²) in [4.78, 5) is 14.2. The van der Waals surface area contributed by atoms with Crippen LogP contribution in [0, 0.1) is 6.92 Å². The molecule has 0 unspecified atom stereocenters. The summed E-state index contributed by atoms with van der Waals surface area (Å²) in [5, 5.41) is 26.0. The van der Waals surface area contributed by atoms with Gasteiger partial charge in [0.25, 0.3) is 0 Å². The first-order valence-electron chi connectivity index (χ1n) is 14.3. The van der Waals surface area contributed by atoms with Crippen LogP contribution in [0.25, 0.3) is 34.4 Å². The van der Waals surface area contributed by atoms with Crippen LogP contribution in [-0.4, -0.2) is 34.4 Å². The third-order valence-electron chi connectivity index (χ3n) is 7.50. The number of phenolic OH excluding ortho intramolecular Hbond substituents is 1. The number of benzene rings is 3. The van der Waals surface area contributed by atoms with E-state index in [1.807, 2.05) is 90.5 Å². The molecule has 0 saturated carbocycles. The number of hydrogen-bond donors (Lipinski definition) is 1. The molecule has 10 nitrogen and oxygen atoms in total. The van der Waals surface area contributed by atoms with Crippen LogP contribution in [0.1, 0.15) is 17.0 Å². The number of aromatic hydroxyl groups is 1. The second-order valence-corrected chi connectivity index (χ2v) is 10.5. The highest BCUT2D eigenvalue weighted by Gasteiger charge is 2.27. The highest BCUT2D eigenvalue weighted by Crippen LogP contribution is 2.38. The summed E-state index contributed by atoms with van der Waals surface area (Å²) in [6.45, 7) is 1.96. The molecule has 7 aromatic rings. The van der Waals surface area contributed by atoms with E-state index in [1.165, 1.54) is 0 Å². The molecule has 0 amide bonds. The number of phenols is 1. The first-order chi connectivity index (χ1) is 22.1. The lowest BCUT2D eigenvalue weighted by Gasteiger charge is -2.19. The number of fused-ring (bicyclic) bond motifs is 3. The van der Waals surface area contributed by atoms with Crippen molar-refractivity contribution in [1.29, 1.82) is 0 Å². The maximum absolute atomic E-state index is 9.74. The maximum atomic E-state index is 9.74. The van der Waals surface area contributed by atoms with Crippen molar-refractivity contribution < 1.29 is 9.84 Å². The Balaban J connectivity index is 1.41. The SMILES string of the molecule is Cc1nn(-c2ccccc2)c2c1C=c1c(c(-n3ccnc3)c(N=Nc3ccc(O)cc3)n/c1=C\c1ccc3ccccc3n1)O2. The van der Waals surface area contributed by atoms with Gasteiger partial charge in [0.2, 0.25) is 11.7 Å². The number of aryl methyl sites for hydroxylation is 1. The number of azo groups is 1. The Morgan fingerprint density at radius 1 is 0.867 bits per heavy atom. The summed E-state index contributed by atoms with van der Waals surface area (Å²) >= 11 is 0. The van der Waals surface area contributed by atoms with E-state index in [1.54, 1.807) is 41.5 Å². The molecular weight excluding hydrogens is 564 g/mol. The number of pyridine rings is 2. The van der Waals surface area contributed by atoms with Crippen molar-refractivity contribution in [2.24, 2.45) is 10.2 Å². The van der Waals surface area contributed by atoms with E-state index in [0.717, 1.165) is 38.8 Å². The van der Waals surface area contributed by atoms with Crippen LogP contribution >= 0.6 is 0 Å². The molecular formula is C35H24N8O2. The van der Waals surface area contributed by atoms with E-state index in [9.17, 15) is 5.11 Å². The first kappa shape index (κ1) is 26.2. The summed E-state index contributed by atoms with van der Waals surface area (Å²) in [5.74, 6) is 1.56. The van der Waals surface area contributed by atoms with E-state index < -0.39 is 0 Å². The molecule has 3 aromatic carbocycles. The zero-order chi connectivity index (χ0) is 30.3. The normalized spacial score (nSPS) is 12.6. The summed E-state index contributed by atoms with van der Waals surface area (Å²) in [7, 11) is 0. The van der Waals surface area contributed by atoms with E-state index in [4.69, 9.17) is 19.8 Å². The fourth-order valence-electron chi connectivity index (χ4n) is 5.31. The van der Waals surface area contributed by atoms with E-state index >= 15 is 0 Å². The number of ether oxygens (including phenoxy) is 1. The van der Waals surface area contributed by atoms with E-state index in [0.29, 0.717) is 34.2 Å².